The van der Waals surface area contributed by atoms with E-state index in [1.54, 1.807) is 25.3 Å². The number of hydrogen-bond acceptors (Lipinski definition) is 25. The number of nitro groups is 1. The van der Waals surface area contributed by atoms with Gasteiger partial charge in [-0.25, -0.2) is 31.1 Å². The van der Waals surface area contributed by atoms with E-state index in [1.165, 1.54) is 76.0 Å². The molecule has 38 heteroatoms. The molecular weight excluding hydrogens is 1700 g/mol. The number of ketones is 2. The number of carbonyl (C=O) groups is 3. The molecule has 6 heterocycles. The summed E-state index contributed by atoms with van der Waals surface area (Å²) in [6.07, 6.45) is 9.69. The van der Waals surface area contributed by atoms with E-state index in [0.717, 1.165) is 54.0 Å². The number of nitro benzene ring substituents is 1. The van der Waals surface area contributed by atoms with Gasteiger partial charge in [0.2, 0.25) is 69.7 Å². The Morgan fingerprint density at radius 1 is 0.549 bits per heavy atom. The summed E-state index contributed by atoms with van der Waals surface area (Å²) in [6, 6.07) is 15.2. The number of nitrogens with one attached hydrogen (secondary N) is 1. The summed E-state index contributed by atoms with van der Waals surface area (Å²) in [5.74, 6) is -21.8. The highest BCUT2D eigenvalue weighted by Crippen LogP contribution is 2.69. The minimum Gasteiger partial charge on any atom is -0.493 e. The van der Waals surface area contributed by atoms with E-state index < -0.39 is 143 Å². The predicted octanol–water partition coefficient (Wildman–Crippen LogP) is 14.9. The molecule has 3 spiro atoms. The number of methoxy groups -OCH3 is 1. The molecule has 6 aliphatic heterocycles. The first kappa shape index (κ1) is 85.1. The van der Waals surface area contributed by atoms with Gasteiger partial charge >= 0.3 is 16.6 Å². The molecule has 648 valence electrons. The van der Waals surface area contributed by atoms with Crippen molar-refractivity contribution >= 4 is 76.4 Å². The Labute approximate surface area is 708 Å². The number of Topliss-reactive ketones (excluding diaryl/α,β-unsaturated/α-hetero) is 2. The van der Waals surface area contributed by atoms with E-state index in [2.05, 4.69) is 42.7 Å². The summed E-state index contributed by atoms with van der Waals surface area (Å²) >= 11 is 9.95. The molecule has 15 aliphatic rings. The molecule has 0 radical (unpaired) electrons. The molecule has 9 aliphatic carbocycles. The molecule has 24 nitrogen and oxygen atoms in total. The minimum absolute atomic E-state index is 0. The van der Waals surface area contributed by atoms with Gasteiger partial charge in [0, 0.05) is 117 Å². The molecule has 5 saturated carbocycles. The predicted molar refractivity (Wildman–Crippen MR) is 424 cm³/mol. The van der Waals surface area contributed by atoms with Crippen LogP contribution in [0, 0.1) is 91.2 Å². The fourth-order valence-electron chi connectivity index (χ4n) is 21.6. The molecule has 4 N–H and O–H groups in total. The van der Waals surface area contributed by atoms with Gasteiger partial charge in [-0.1, -0.05) is 25.6 Å². The number of nitrogens with zero attached hydrogens (tertiary/aromatic N) is 5. The van der Waals surface area contributed by atoms with Crippen molar-refractivity contribution in [1.82, 2.24) is 14.7 Å². The van der Waals surface area contributed by atoms with Crippen LogP contribution in [0.5, 0.6) is 51.7 Å². The van der Waals surface area contributed by atoms with E-state index in [4.69, 9.17) is 73.2 Å². The van der Waals surface area contributed by atoms with Crippen LogP contribution in [-0.2, 0) is 49.8 Å². The third-order valence-electron chi connectivity index (χ3n) is 27.2. The van der Waals surface area contributed by atoms with Gasteiger partial charge in [-0.2, -0.15) is 17.6 Å². The highest BCUT2D eigenvalue weighted by Gasteiger charge is 2.77. The van der Waals surface area contributed by atoms with E-state index >= 15 is 0 Å². The van der Waals surface area contributed by atoms with Crippen molar-refractivity contribution in [2.45, 2.75) is 186 Å². The second kappa shape index (κ2) is 32.2. The van der Waals surface area contributed by atoms with E-state index in [1.807, 2.05) is 18.2 Å². The van der Waals surface area contributed by atoms with Gasteiger partial charge in [0.05, 0.1) is 45.1 Å². The highest BCUT2D eigenvalue weighted by molar-refractivity contribution is 7.80. The number of halogens is 10. The minimum atomic E-state index is -2.33. The van der Waals surface area contributed by atoms with Crippen LogP contribution in [0.4, 0.5) is 54.4 Å². The molecule has 8 fully saturated rings. The van der Waals surface area contributed by atoms with Crippen LogP contribution in [0.15, 0.2) is 77.2 Å². The average Bonchev–Trinajstić information content (AvgIpc) is 1.54. The first-order chi connectivity index (χ1) is 58.3. The number of likely N-dealkylation sites (tertiary alicyclic amines) is 3. The van der Waals surface area contributed by atoms with Crippen molar-refractivity contribution in [3.05, 3.63) is 174 Å². The third kappa shape index (κ3) is 13.4. The first-order valence-electron chi connectivity index (χ1n) is 40.0. The topological polar surface area (TPSA) is 293 Å². The molecule has 21 rings (SSSR count). The highest BCUT2D eigenvalue weighted by atomic mass is 32.1. The summed E-state index contributed by atoms with van der Waals surface area (Å²) in [6.45, 7) is 4.94. The Bertz CT molecular complexity index is 5410. The van der Waals surface area contributed by atoms with Gasteiger partial charge in [-0.3, -0.25) is 44.3 Å². The maximum atomic E-state index is 14.2. The molecule has 0 amide bonds. The summed E-state index contributed by atoms with van der Waals surface area (Å²) in [5.41, 5.74) is -1.30. The Morgan fingerprint density at radius 3 is 1.30 bits per heavy atom. The number of thiocarbonyl (C=S) groups is 2. The second-order valence-electron chi connectivity index (χ2n) is 33.3. The maximum absolute atomic E-state index is 14.2. The maximum Gasteiger partial charge on any atom is 0.519 e. The summed E-state index contributed by atoms with van der Waals surface area (Å²) in [5, 5.41) is 48.6. The van der Waals surface area contributed by atoms with Crippen molar-refractivity contribution in [1.29, 1.82) is 5.15 Å². The average molecular weight is 1780 g/mol. The van der Waals surface area contributed by atoms with Gasteiger partial charge in [0.15, 0.2) is 65.8 Å². The van der Waals surface area contributed by atoms with Gasteiger partial charge in [0.25, 0.3) is 5.69 Å². The fourth-order valence-corrected chi connectivity index (χ4v) is 21.9. The fraction of sp³-hybridized carbons (Fsp3) is 0.488. The standard InChI is InChI=1S/C28H24F5NO5S.C27H22F5NO5S.C27H26N2O8.CH4NP.CH4.H2NP/c1-36-14-5-4-13-10-16-28(35)7-6-15(37-26(40)39-24-21(32)19(30)18(29)20(31)22(24)33)25-27(28,17(13)23(14)38-25)8-9-34(16)11-12-2-3-12;28-17-18(29)20(31)23(21(32)19(17)30)38-25(39)36-14-4-3-12-9-15-27(35)6-5-13(34)24-26(27,16(12)22(14)37-24)7-8-33(15)10-11-1-2-11;30-19-9-10-27(32)21-13-16-3-8-20(36-25(31)35-18-6-4-17(5-7-18)29(33)34)23-22(16)26(27,24(19)37-23)11-12-28(21)14-15-1-2-15;1-2-3;;1-2/h4-6,12,16,25,35H,2-3,7-11H2,1H3;3-4,11,15,24,35H,1-2,5-10H2;3-8,15,21,24,32H,1-2,9-14H2;3H,1H3;1H4;1-2H/t16-,25+,27+,28-;15-,24+,26+,27-;21-,24+,26+,27-;;;/m111.../s1/i/hT. The van der Waals surface area contributed by atoms with E-state index in [0.29, 0.717) is 105 Å². The number of benzene rings is 6. The van der Waals surface area contributed by atoms with Gasteiger partial charge in [-0.05, 0) is 198 Å². The van der Waals surface area contributed by atoms with Crippen molar-refractivity contribution in [3.8, 4) is 51.7 Å². The number of hydrogen-bond donors (Lipinski definition) is 4. The normalized spacial score (nSPS) is 29.3. The molecule has 6 aromatic rings. The molecular formula is C84H82F10N6O18P2S2. The number of carbonyl (C=O) groups excluding carboxylic acids is 3. The molecule has 0 aromatic heterocycles. The van der Waals surface area contributed by atoms with Crippen molar-refractivity contribution in [2.24, 2.45) is 22.5 Å². The molecule has 6 aromatic carbocycles. The van der Waals surface area contributed by atoms with Gasteiger partial charge in [0.1, 0.15) is 11.5 Å². The molecule has 6 bridgehead atoms. The number of rotatable bonds is 14. The SMILES string of the molecule is C.CN=P.COc1ccc2c3c1O[C@H]1C(OC(=S)Oc4c(F)c(F)c(F)c(F)c4F)=CC[C@@]4(O)[C@@H](C2)N(CC2CC2)CC[C@]314.O=C(Oc1ccc([N+](=O)[O-])cc1)Oc1ccc2c3c1O[C@H]1C(=O)CC[C@@]4(O)[C@@H](C2)N(CC2CC2)CC[C@]314.O=C1CC[C@@]2(O)[C@H]3Cc4ccc(OC(=S)Oc5c(F)c(F)c(F)c(F)c5F)c5c4[C@@]2(CCN3CC2CC2)[C@H]1O5.[3H]N=P. The molecule has 12 atom stereocenters. The lowest BCUT2D eigenvalue weighted by atomic mass is 9.49. The number of piperidine rings is 3. The smallest absolute Gasteiger partial charge is 0.493 e. The van der Waals surface area contributed by atoms with Crippen LogP contribution in [0.25, 0.3) is 0 Å². The third-order valence-corrected chi connectivity index (χ3v) is 27.6. The van der Waals surface area contributed by atoms with Crippen LogP contribution in [0.1, 0.15) is 131 Å². The van der Waals surface area contributed by atoms with Crippen molar-refractivity contribution in [2.75, 3.05) is 53.4 Å². The Hall–Kier alpha value is -9.09. The van der Waals surface area contributed by atoms with Crippen LogP contribution >= 0.6 is 42.5 Å². The zero-order valence-electron chi connectivity index (χ0n) is 65.6. The Morgan fingerprint density at radius 2 is 0.902 bits per heavy atom. The lowest BCUT2D eigenvalue weighted by Gasteiger charge is -2.62. The lowest BCUT2D eigenvalue weighted by molar-refractivity contribution is -0.384. The molecule has 3 saturated heterocycles. The van der Waals surface area contributed by atoms with Gasteiger partial charge in [-0.15, -0.1) is 0 Å². The number of ether oxygens (including phenoxy) is 10. The Kier molecular flexibility index (Phi) is 22.4. The Balaban J connectivity index is 0.000000132. The van der Waals surface area contributed by atoms with Crippen molar-refractivity contribution < 1.29 is 127 Å². The number of non-ortho nitro benzene ring substituents is 1. The van der Waals surface area contributed by atoms with Crippen LogP contribution in [-0.4, -0.2) is 170 Å². The first-order valence-corrected chi connectivity index (χ1v) is 41.2. The van der Waals surface area contributed by atoms with Crippen LogP contribution in [0.3, 0.4) is 0 Å². The second-order valence-corrected chi connectivity index (χ2v) is 34.4. The van der Waals surface area contributed by atoms with Crippen LogP contribution < -0.4 is 42.6 Å². The quantitative estimate of drug-likeness (QED) is 0.00907. The summed E-state index contributed by atoms with van der Waals surface area (Å²) in [4.78, 5) is 56.3. The van der Waals surface area contributed by atoms with E-state index in [9.17, 15) is 83.7 Å². The van der Waals surface area contributed by atoms with Gasteiger partial charge < -0.3 is 62.7 Å². The molecule has 0 unspecified atom stereocenters. The monoisotopic (exact) mass is 1780 g/mol. The largest absolute Gasteiger partial charge is 0.519 e. The van der Waals surface area contributed by atoms with E-state index in [-0.39, 0.29) is 90.8 Å². The molecule has 122 heavy (non-hydrogen) atoms. The lowest BCUT2D eigenvalue weighted by Crippen LogP contribution is -2.76. The zero-order valence-corrected chi connectivity index (χ0v) is 68.2. The zero-order chi connectivity index (χ0) is 86.5. The van der Waals surface area contributed by atoms with Crippen molar-refractivity contribution in [3.63, 3.8) is 0 Å². The summed E-state index contributed by atoms with van der Waals surface area (Å²) < 4.78 is 203. The van der Waals surface area contributed by atoms with Crippen LogP contribution in [0.2, 0.25) is 1.41 Å². The number of aliphatic hydroxyl groups is 3. The summed E-state index contributed by atoms with van der Waals surface area (Å²) in [7, 11) is 8.46.